The minimum Gasteiger partial charge on any atom is -0.303 e. The number of aldehydes is 1. The molecule has 0 bridgehead atoms. The maximum absolute atomic E-state index is 10.0. The van der Waals surface area contributed by atoms with Gasteiger partial charge in [0, 0.05) is 18.8 Å². The van der Waals surface area contributed by atoms with Crippen molar-refractivity contribution in [2.24, 2.45) is 0 Å². The summed E-state index contributed by atoms with van der Waals surface area (Å²) in [5, 5.41) is 0. The number of nitrogens with zero attached hydrogens (tertiary/aromatic N) is 1. The minimum atomic E-state index is 0.474. The van der Waals surface area contributed by atoms with Gasteiger partial charge in [0.05, 0.1) is 0 Å². The van der Waals surface area contributed by atoms with Crippen molar-refractivity contribution in [2.45, 2.75) is 13.3 Å². The van der Waals surface area contributed by atoms with E-state index in [1.165, 1.54) is 0 Å². The Balaban J connectivity index is 2.74. The maximum atomic E-state index is 10.0. The summed E-state index contributed by atoms with van der Waals surface area (Å²) in [4.78, 5) is 14.0. The number of allylic oxidation sites excluding steroid dienone is 1. The molecule has 0 amide bonds. The number of aromatic nitrogens is 1. The number of rotatable bonds is 3. The number of carbonyl (C=O) groups is 1. The fraction of sp³-hybridized carbons (Fsp3) is 0.200. The van der Waals surface area contributed by atoms with Gasteiger partial charge in [-0.05, 0) is 24.1 Å². The van der Waals surface area contributed by atoms with Crippen LogP contribution in [0.2, 0.25) is 0 Å². The Bertz CT molecular complexity index is 292. The Kier molecular flexibility index (Phi) is 3.20. The molecule has 0 unspecified atom stereocenters. The van der Waals surface area contributed by atoms with Crippen LogP contribution in [0.25, 0.3) is 6.08 Å². The summed E-state index contributed by atoms with van der Waals surface area (Å²) in [5.74, 6) is 0. The third-order valence-corrected chi connectivity index (χ3v) is 1.59. The quantitative estimate of drug-likeness (QED) is 0.634. The molecule has 2 heteroatoms. The lowest BCUT2D eigenvalue weighted by Gasteiger charge is -1.96. The number of pyridine rings is 1. The molecule has 0 spiro atoms. The van der Waals surface area contributed by atoms with Crippen LogP contribution in [-0.2, 0) is 4.79 Å². The van der Waals surface area contributed by atoms with Gasteiger partial charge in [0.25, 0.3) is 0 Å². The summed E-state index contributed by atoms with van der Waals surface area (Å²) < 4.78 is 0. The van der Waals surface area contributed by atoms with E-state index in [-0.39, 0.29) is 0 Å². The minimum absolute atomic E-state index is 0.474. The molecule has 1 rings (SSSR count). The maximum Gasteiger partial charge on any atom is 0.123 e. The molecule has 0 N–H and O–H groups in total. The van der Waals surface area contributed by atoms with Crippen LogP contribution in [0.4, 0.5) is 0 Å². The van der Waals surface area contributed by atoms with Crippen molar-refractivity contribution in [3.63, 3.8) is 0 Å². The average molecular weight is 161 g/mol. The second kappa shape index (κ2) is 4.44. The zero-order valence-electron chi connectivity index (χ0n) is 7.03. The molecule has 1 aromatic heterocycles. The van der Waals surface area contributed by atoms with Gasteiger partial charge in [-0.1, -0.05) is 12.2 Å². The van der Waals surface area contributed by atoms with E-state index in [1.54, 1.807) is 12.4 Å². The van der Waals surface area contributed by atoms with Gasteiger partial charge in [-0.3, -0.25) is 4.98 Å². The van der Waals surface area contributed by atoms with Crippen molar-refractivity contribution >= 4 is 12.4 Å². The van der Waals surface area contributed by atoms with Crippen LogP contribution in [0.5, 0.6) is 0 Å². The van der Waals surface area contributed by atoms with E-state index in [2.05, 4.69) is 4.98 Å². The van der Waals surface area contributed by atoms with E-state index >= 15 is 0 Å². The van der Waals surface area contributed by atoms with Crippen molar-refractivity contribution in [3.8, 4) is 0 Å². The standard InChI is InChI=1S/C10H11NO/c1-9-8-11-6-5-10(9)4-2-3-7-12/h2,4-8H,3H2,1H3. The second-order valence-electron chi connectivity index (χ2n) is 2.54. The molecule has 0 aliphatic heterocycles. The van der Waals surface area contributed by atoms with E-state index in [1.807, 2.05) is 25.1 Å². The molecule has 0 aromatic carbocycles. The van der Waals surface area contributed by atoms with Gasteiger partial charge in [0.1, 0.15) is 6.29 Å². The third-order valence-electron chi connectivity index (χ3n) is 1.59. The van der Waals surface area contributed by atoms with Gasteiger partial charge in [-0.2, -0.15) is 0 Å². The summed E-state index contributed by atoms with van der Waals surface area (Å²) in [6, 6.07) is 1.93. The number of carbonyl (C=O) groups excluding carboxylic acids is 1. The SMILES string of the molecule is Cc1cnccc1C=CCC=O. The first-order chi connectivity index (χ1) is 5.84. The fourth-order valence-electron chi connectivity index (χ4n) is 0.922. The molecule has 1 aromatic rings. The highest BCUT2D eigenvalue weighted by atomic mass is 16.1. The molecular weight excluding hydrogens is 150 g/mol. The van der Waals surface area contributed by atoms with Crippen LogP contribution >= 0.6 is 0 Å². The molecule has 0 aliphatic carbocycles. The lowest BCUT2D eigenvalue weighted by atomic mass is 10.1. The molecule has 0 saturated heterocycles. The van der Waals surface area contributed by atoms with E-state index in [0.717, 1.165) is 17.4 Å². The van der Waals surface area contributed by atoms with Gasteiger partial charge in [0.2, 0.25) is 0 Å². The lowest BCUT2D eigenvalue weighted by molar-refractivity contribution is -0.107. The van der Waals surface area contributed by atoms with Crippen molar-refractivity contribution in [2.75, 3.05) is 0 Å². The largest absolute Gasteiger partial charge is 0.303 e. The van der Waals surface area contributed by atoms with Gasteiger partial charge >= 0.3 is 0 Å². The van der Waals surface area contributed by atoms with E-state index in [4.69, 9.17) is 0 Å². The first-order valence-electron chi connectivity index (χ1n) is 3.85. The van der Waals surface area contributed by atoms with E-state index < -0.39 is 0 Å². The smallest absolute Gasteiger partial charge is 0.123 e. The molecule has 12 heavy (non-hydrogen) atoms. The van der Waals surface area contributed by atoms with Gasteiger partial charge in [-0.25, -0.2) is 0 Å². The molecule has 0 atom stereocenters. The van der Waals surface area contributed by atoms with Crippen LogP contribution in [0, 0.1) is 6.92 Å². The highest BCUT2D eigenvalue weighted by molar-refractivity contribution is 5.59. The van der Waals surface area contributed by atoms with Crippen molar-refractivity contribution in [3.05, 3.63) is 35.7 Å². The highest BCUT2D eigenvalue weighted by Crippen LogP contribution is 2.06. The topological polar surface area (TPSA) is 30.0 Å². The summed E-state index contributed by atoms with van der Waals surface area (Å²) in [5.41, 5.74) is 2.24. The summed E-state index contributed by atoms with van der Waals surface area (Å²) in [6.45, 7) is 1.99. The van der Waals surface area contributed by atoms with Gasteiger partial charge in [-0.15, -0.1) is 0 Å². The predicted octanol–water partition coefficient (Wildman–Crippen LogP) is 1.99. The first-order valence-corrected chi connectivity index (χ1v) is 3.85. The molecule has 0 saturated carbocycles. The molecule has 0 radical (unpaired) electrons. The fourth-order valence-corrected chi connectivity index (χ4v) is 0.922. The molecule has 2 nitrogen and oxygen atoms in total. The van der Waals surface area contributed by atoms with E-state index in [9.17, 15) is 4.79 Å². The number of hydrogen-bond acceptors (Lipinski definition) is 2. The van der Waals surface area contributed by atoms with Crippen LogP contribution < -0.4 is 0 Å². The Hall–Kier alpha value is -1.44. The van der Waals surface area contributed by atoms with Gasteiger partial charge < -0.3 is 4.79 Å². The normalized spacial score (nSPS) is 10.4. The molecule has 0 fully saturated rings. The van der Waals surface area contributed by atoms with Crippen molar-refractivity contribution in [1.82, 2.24) is 4.98 Å². The molecule has 1 heterocycles. The summed E-state index contributed by atoms with van der Waals surface area (Å²) in [7, 11) is 0. The highest BCUT2D eigenvalue weighted by Gasteiger charge is 1.90. The predicted molar refractivity (Wildman–Crippen MR) is 48.7 cm³/mol. The Morgan fingerprint density at radius 2 is 2.42 bits per heavy atom. The first kappa shape index (κ1) is 8.65. The zero-order chi connectivity index (χ0) is 8.81. The monoisotopic (exact) mass is 161 g/mol. The van der Waals surface area contributed by atoms with Crippen LogP contribution in [-0.4, -0.2) is 11.3 Å². The average Bonchev–Trinajstić information content (AvgIpc) is 2.09. The summed E-state index contributed by atoms with van der Waals surface area (Å²) in [6.07, 6.45) is 8.68. The number of hydrogen-bond donors (Lipinski definition) is 0. The van der Waals surface area contributed by atoms with Crippen molar-refractivity contribution < 1.29 is 4.79 Å². The van der Waals surface area contributed by atoms with E-state index in [0.29, 0.717) is 6.42 Å². The zero-order valence-corrected chi connectivity index (χ0v) is 7.03. The lowest BCUT2D eigenvalue weighted by Crippen LogP contribution is -1.81. The molecular formula is C10H11NO. The Morgan fingerprint density at radius 1 is 1.58 bits per heavy atom. The van der Waals surface area contributed by atoms with Crippen LogP contribution in [0.3, 0.4) is 0 Å². The van der Waals surface area contributed by atoms with Crippen LogP contribution in [0.1, 0.15) is 17.5 Å². The Morgan fingerprint density at radius 3 is 3.08 bits per heavy atom. The number of aryl methyl sites for hydroxylation is 1. The van der Waals surface area contributed by atoms with Crippen LogP contribution in [0.15, 0.2) is 24.5 Å². The second-order valence-corrected chi connectivity index (χ2v) is 2.54. The third kappa shape index (κ3) is 2.31. The van der Waals surface area contributed by atoms with Crippen molar-refractivity contribution in [1.29, 1.82) is 0 Å². The molecule has 62 valence electrons. The molecule has 0 aliphatic rings. The van der Waals surface area contributed by atoms with Gasteiger partial charge in [0.15, 0.2) is 0 Å². The summed E-state index contributed by atoms with van der Waals surface area (Å²) >= 11 is 0. The Labute approximate surface area is 71.9 Å².